The summed E-state index contributed by atoms with van der Waals surface area (Å²) in [7, 11) is -3.32. The summed E-state index contributed by atoms with van der Waals surface area (Å²) in [5.74, 6) is -0.838. The zero-order chi connectivity index (χ0) is 12.0. The first-order chi connectivity index (χ1) is 7.55. The molecule has 0 spiro atoms. The fourth-order valence-corrected chi connectivity index (χ4v) is 2.65. The molecule has 0 aromatic rings. The fraction of sp³-hybridized carbons (Fsp3) is 0.700. The SMILES string of the molecule is C=CCS(=O)(=O)CC(=O)N1CCCNCC1. The van der Waals surface area contributed by atoms with Crippen molar-refractivity contribution >= 4 is 15.7 Å². The van der Waals surface area contributed by atoms with Crippen LogP contribution in [0.5, 0.6) is 0 Å². The van der Waals surface area contributed by atoms with Crippen molar-refractivity contribution in [3.05, 3.63) is 12.7 Å². The van der Waals surface area contributed by atoms with Crippen molar-refractivity contribution in [3.63, 3.8) is 0 Å². The second kappa shape index (κ2) is 6.00. The molecule has 92 valence electrons. The predicted molar refractivity (Wildman–Crippen MR) is 62.9 cm³/mol. The maximum atomic E-state index is 11.7. The zero-order valence-corrected chi connectivity index (χ0v) is 10.1. The zero-order valence-electron chi connectivity index (χ0n) is 9.31. The Hall–Kier alpha value is -0.880. The molecule has 1 N–H and O–H groups in total. The molecule has 5 nitrogen and oxygen atoms in total. The van der Waals surface area contributed by atoms with E-state index in [2.05, 4.69) is 11.9 Å². The van der Waals surface area contributed by atoms with Gasteiger partial charge in [-0.15, -0.1) is 6.58 Å². The van der Waals surface area contributed by atoms with E-state index in [1.165, 1.54) is 6.08 Å². The molecule has 1 rings (SSSR count). The summed E-state index contributed by atoms with van der Waals surface area (Å²) in [6.07, 6.45) is 2.18. The molecule has 0 radical (unpaired) electrons. The third-order valence-corrected chi connectivity index (χ3v) is 3.84. The monoisotopic (exact) mass is 246 g/mol. The van der Waals surface area contributed by atoms with Gasteiger partial charge in [0.25, 0.3) is 0 Å². The van der Waals surface area contributed by atoms with E-state index in [0.29, 0.717) is 13.1 Å². The summed E-state index contributed by atoms with van der Waals surface area (Å²) in [6.45, 7) is 6.19. The van der Waals surface area contributed by atoms with Crippen LogP contribution in [0.25, 0.3) is 0 Å². The topological polar surface area (TPSA) is 66.5 Å². The lowest BCUT2D eigenvalue weighted by molar-refractivity contribution is -0.128. The van der Waals surface area contributed by atoms with E-state index < -0.39 is 15.6 Å². The lowest BCUT2D eigenvalue weighted by atomic mass is 10.4. The van der Waals surface area contributed by atoms with Crippen molar-refractivity contribution in [2.24, 2.45) is 0 Å². The summed E-state index contributed by atoms with van der Waals surface area (Å²) >= 11 is 0. The molecule has 0 saturated carbocycles. The van der Waals surface area contributed by atoms with Gasteiger partial charge in [-0.05, 0) is 13.0 Å². The molecule has 0 aliphatic carbocycles. The van der Waals surface area contributed by atoms with E-state index >= 15 is 0 Å². The molecular formula is C10H18N2O3S. The Labute approximate surface area is 96.4 Å². The molecule has 0 atom stereocenters. The number of rotatable bonds is 4. The minimum absolute atomic E-state index is 0.134. The molecule has 1 heterocycles. The van der Waals surface area contributed by atoms with Gasteiger partial charge in [-0.25, -0.2) is 8.42 Å². The van der Waals surface area contributed by atoms with Gasteiger partial charge in [0.1, 0.15) is 5.75 Å². The summed E-state index contributed by atoms with van der Waals surface area (Å²) in [5.41, 5.74) is 0. The largest absolute Gasteiger partial charge is 0.340 e. The first kappa shape index (κ1) is 13.2. The Balaban J connectivity index is 2.53. The van der Waals surface area contributed by atoms with Gasteiger partial charge >= 0.3 is 0 Å². The quantitative estimate of drug-likeness (QED) is 0.673. The molecule has 1 aliphatic rings. The van der Waals surface area contributed by atoms with Crippen LogP contribution in [-0.2, 0) is 14.6 Å². The van der Waals surface area contributed by atoms with E-state index in [4.69, 9.17) is 0 Å². The third kappa shape index (κ3) is 4.32. The summed E-state index contributed by atoms with van der Waals surface area (Å²) in [4.78, 5) is 13.3. The van der Waals surface area contributed by atoms with Gasteiger partial charge in [-0.2, -0.15) is 0 Å². The predicted octanol–water partition coefficient (Wildman–Crippen LogP) is -0.591. The van der Waals surface area contributed by atoms with E-state index in [0.717, 1.165) is 19.5 Å². The van der Waals surface area contributed by atoms with Crippen LogP contribution in [0.3, 0.4) is 0 Å². The van der Waals surface area contributed by atoms with Crippen molar-refractivity contribution in [3.8, 4) is 0 Å². The summed E-state index contributed by atoms with van der Waals surface area (Å²) in [5, 5.41) is 3.16. The number of hydrogen-bond donors (Lipinski definition) is 1. The normalized spacial score (nSPS) is 17.9. The van der Waals surface area contributed by atoms with E-state index in [1.807, 2.05) is 0 Å². The average Bonchev–Trinajstić information content (AvgIpc) is 2.44. The second-order valence-electron chi connectivity index (χ2n) is 3.83. The number of hydrogen-bond acceptors (Lipinski definition) is 4. The molecule has 0 bridgehead atoms. The molecule has 1 aliphatic heterocycles. The summed E-state index contributed by atoms with van der Waals surface area (Å²) in [6, 6.07) is 0. The highest BCUT2D eigenvalue weighted by Crippen LogP contribution is 2.00. The van der Waals surface area contributed by atoms with Gasteiger partial charge in [-0.1, -0.05) is 6.08 Å². The smallest absolute Gasteiger partial charge is 0.237 e. The van der Waals surface area contributed by atoms with Crippen LogP contribution in [-0.4, -0.2) is 56.9 Å². The molecular weight excluding hydrogens is 228 g/mol. The van der Waals surface area contributed by atoms with Gasteiger partial charge in [-0.3, -0.25) is 4.79 Å². The molecule has 0 unspecified atom stereocenters. The van der Waals surface area contributed by atoms with Crippen molar-refractivity contribution < 1.29 is 13.2 Å². The van der Waals surface area contributed by atoms with Crippen molar-refractivity contribution in [1.82, 2.24) is 10.2 Å². The minimum Gasteiger partial charge on any atom is -0.340 e. The molecule has 1 saturated heterocycles. The van der Waals surface area contributed by atoms with Crippen LogP contribution >= 0.6 is 0 Å². The number of nitrogens with one attached hydrogen (secondary N) is 1. The number of carbonyl (C=O) groups is 1. The number of sulfone groups is 1. The Kier molecular flexibility index (Phi) is 4.95. The number of carbonyl (C=O) groups excluding carboxylic acids is 1. The minimum atomic E-state index is -3.32. The van der Waals surface area contributed by atoms with Gasteiger partial charge in [0.15, 0.2) is 9.84 Å². The first-order valence-electron chi connectivity index (χ1n) is 5.35. The highest BCUT2D eigenvalue weighted by molar-refractivity contribution is 7.92. The Morgan fingerprint density at radius 2 is 2.12 bits per heavy atom. The molecule has 16 heavy (non-hydrogen) atoms. The van der Waals surface area contributed by atoms with Crippen molar-refractivity contribution in [2.75, 3.05) is 37.7 Å². The standard InChI is InChI=1S/C10H18N2O3S/c1-2-8-16(14,15)9-10(13)12-6-3-4-11-5-7-12/h2,11H,1,3-9H2. The highest BCUT2D eigenvalue weighted by Gasteiger charge is 2.21. The fourth-order valence-electron chi connectivity index (χ4n) is 1.61. The number of amides is 1. The molecule has 1 amide bonds. The van der Waals surface area contributed by atoms with Crippen molar-refractivity contribution in [2.45, 2.75) is 6.42 Å². The highest BCUT2D eigenvalue weighted by atomic mass is 32.2. The van der Waals surface area contributed by atoms with Gasteiger partial charge < -0.3 is 10.2 Å². The molecule has 6 heteroatoms. The second-order valence-corrected chi connectivity index (χ2v) is 5.94. The Morgan fingerprint density at radius 1 is 1.38 bits per heavy atom. The van der Waals surface area contributed by atoms with E-state index in [1.54, 1.807) is 4.90 Å². The molecule has 0 aromatic heterocycles. The Bertz CT molecular complexity index is 343. The van der Waals surface area contributed by atoms with Gasteiger partial charge in [0.2, 0.25) is 5.91 Å². The van der Waals surface area contributed by atoms with E-state index in [-0.39, 0.29) is 11.7 Å². The van der Waals surface area contributed by atoms with Crippen LogP contribution in [0, 0.1) is 0 Å². The third-order valence-electron chi connectivity index (χ3n) is 2.41. The van der Waals surface area contributed by atoms with Gasteiger partial charge in [0.05, 0.1) is 5.75 Å². The lowest BCUT2D eigenvalue weighted by Crippen LogP contribution is -2.38. The van der Waals surface area contributed by atoms with Gasteiger partial charge in [0, 0.05) is 19.6 Å². The summed E-state index contributed by atoms with van der Waals surface area (Å²) < 4.78 is 22.9. The molecule has 1 fully saturated rings. The maximum absolute atomic E-state index is 11.7. The van der Waals surface area contributed by atoms with E-state index in [9.17, 15) is 13.2 Å². The molecule has 0 aromatic carbocycles. The maximum Gasteiger partial charge on any atom is 0.237 e. The average molecular weight is 246 g/mol. The van der Waals surface area contributed by atoms with Crippen LogP contribution < -0.4 is 5.32 Å². The van der Waals surface area contributed by atoms with Crippen molar-refractivity contribution in [1.29, 1.82) is 0 Å². The van der Waals surface area contributed by atoms with Crippen LogP contribution in [0.15, 0.2) is 12.7 Å². The first-order valence-corrected chi connectivity index (χ1v) is 7.17. The van der Waals surface area contributed by atoms with Crippen LogP contribution in [0.2, 0.25) is 0 Å². The lowest BCUT2D eigenvalue weighted by Gasteiger charge is -2.19. The van der Waals surface area contributed by atoms with Crippen LogP contribution in [0.4, 0.5) is 0 Å². The Morgan fingerprint density at radius 3 is 2.81 bits per heavy atom. The number of nitrogens with zero attached hydrogens (tertiary/aromatic N) is 1. The van der Waals surface area contributed by atoms with Crippen LogP contribution in [0.1, 0.15) is 6.42 Å².